The van der Waals surface area contributed by atoms with Crippen LogP contribution in [0.4, 0.5) is 30.2 Å². The maximum absolute atomic E-state index is 12.5. The van der Waals surface area contributed by atoms with Gasteiger partial charge in [-0.05, 0) is 61.5 Å². The molecule has 2 aromatic rings. The lowest BCUT2D eigenvalue weighted by Gasteiger charge is -2.13. The van der Waals surface area contributed by atoms with Gasteiger partial charge in [0, 0.05) is 29.9 Å². The van der Waals surface area contributed by atoms with Gasteiger partial charge in [-0.25, -0.2) is 4.99 Å². The molecule has 3 nitrogen and oxygen atoms in total. The number of aryl methyl sites for hydroxylation is 1. The highest BCUT2D eigenvalue weighted by molar-refractivity contribution is 8.00. The number of aliphatic imine (C=N–C) groups is 1. The van der Waals surface area contributed by atoms with Gasteiger partial charge in [0.2, 0.25) is 0 Å². The second kappa shape index (κ2) is 8.68. The van der Waals surface area contributed by atoms with Gasteiger partial charge in [-0.1, -0.05) is 17.7 Å². The molecule has 0 spiro atoms. The molecule has 0 heterocycles. The molecule has 0 saturated carbocycles. The van der Waals surface area contributed by atoms with Gasteiger partial charge in [-0.2, -0.15) is 13.2 Å². The maximum atomic E-state index is 12.5. The van der Waals surface area contributed by atoms with Crippen molar-refractivity contribution in [3.63, 3.8) is 0 Å². The molecule has 0 fully saturated rings. The highest BCUT2D eigenvalue weighted by Gasteiger charge is 2.29. The molecule has 0 aliphatic heterocycles. The minimum atomic E-state index is -4.32. The monoisotopic (exact) mass is 401 g/mol. The fraction of sp³-hybridized carbons (Fsp3) is 0.278. The Bertz CT molecular complexity index is 794. The first kappa shape index (κ1) is 20.5. The number of rotatable bonds is 6. The zero-order chi connectivity index (χ0) is 19.3. The molecule has 0 aliphatic rings. The van der Waals surface area contributed by atoms with Gasteiger partial charge < -0.3 is 10.2 Å². The fourth-order valence-electron chi connectivity index (χ4n) is 2.07. The van der Waals surface area contributed by atoms with E-state index in [-0.39, 0.29) is 16.7 Å². The Kier molecular flexibility index (Phi) is 6.83. The average molecular weight is 402 g/mol. The molecule has 0 bridgehead atoms. The molecular formula is C18H19ClF3N3S. The second-order valence-electron chi connectivity index (χ2n) is 5.64. The van der Waals surface area contributed by atoms with Crippen molar-refractivity contribution >= 4 is 46.8 Å². The van der Waals surface area contributed by atoms with Crippen LogP contribution < -0.4 is 5.32 Å². The summed E-state index contributed by atoms with van der Waals surface area (Å²) in [5.41, 5.74) is -1.53. The summed E-state index contributed by atoms with van der Waals surface area (Å²) in [4.78, 5) is 6.39. The Labute approximate surface area is 160 Å². The fourth-order valence-corrected chi connectivity index (χ4v) is 2.88. The third kappa shape index (κ3) is 6.14. The molecule has 0 amide bonds. The zero-order valence-electron chi connectivity index (χ0n) is 14.6. The topological polar surface area (TPSA) is 27.6 Å². The highest BCUT2D eigenvalue weighted by atomic mass is 35.5. The van der Waals surface area contributed by atoms with Gasteiger partial charge in [-0.3, -0.25) is 0 Å². The summed E-state index contributed by atoms with van der Waals surface area (Å²) < 4.78 is 37.6. The molecule has 8 heteroatoms. The normalized spacial score (nSPS) is 11.8. The predicted molar refractivity (Wildman–Crippen MR) is 104 cm³/mol. The molecule has 0 atom stereocenters. The van der Waals surface area contributed by atoms with E-state index in [1.165, 1.54) is 12.1 Å². The van der Waals surface area contributed by atoms with E-state index in [1.54, 1.807) is 24.5 Å². The largest absolute Gasteiger partial charge is 0.446 e. The number of halogens is 4. The van der Waals surface area contributed by atoms with Crippen molar-refractivity contribution in [1.82, 2.24) is 4.90 Å². The van der Waals surface area contributed by atoms with E-state index in [2.05, 4.69) is 10.3 Å². The van der Waals surface area contributed by atoms with Crippen LogP contribution in [0.1, 0.15) is 12.5 Å². The van der Waals surface area contributed by atoms with E-state index < -0.39 is 5.51 Å². The maximum Gasteiger partial charge on any atom is 0.446 e. The van der Waals surface area contributed by atoms with Crippen molar-refractivity contribution in [2.24, 2.45) is 4.99 Å². The number of anilines is 2. The Balaban J connectivity index is 2.21. The smallest absolute Gasteiger partial charge is 0.366 e. The standard InChI is InChI=1S/C18H19ClF3N3S/c1-4-25(3)11-23-17-8-12(2)16(10-15(17)19)24-13-6-5-7-14(9-13)26-18(20,21)22/h5-11,24H,4H2,1-3H3. The quantitative estimate of drug-likeness (QED) is 0.335. The minimum Gasteiger partial charge on any atom is -0.366 e. The molecule has 0 aromatic heterocycles. The Morgan fingerprint density at radius 1 is 1.27 bits per heavy atom. The van der Waals surface area contributed by atoms with Crippen LogP contribution >= 0.6 is 23.4 Å². The Morgan fingerprint density at radius 3 is 2.65 bits per heavy atom. The average Bonchev–Trinajstić information content (AvgIpc) is 2.55. The van der Waals surface area contributed by atoms with E-state index >= 15 is 0 Å². The highest BCUT2D eigenvalue weighted by Crippen LogP contribution is 2.38. The minimum absolute atomic E-state index is 0.120. The van der Waals surface area contributed by atoms with Crippen LogP contribution in [0, 0.1) is 6.92 Å². The van der Waals surface area contributed by atoms with E-state index in [1.807, 2.05) is 31.9 Å². The second-order valence-corrected chi connectivity index (χ2v) is 7.18. The van der Waals surface area contributed by atoms with Gasteiger partial charge in [0.1, 0.15) is 0 Å². The van der Waals surface area contributed by atoms with Crippen molar-refractivity contribution in [1.29, 1.82) is 0 Å². The first-order valence-electron chi connectivity index (χ1n) is 7.85. The third-order valence-corrected chi connectivity index (χ3v) is 4.56. The summed E-state index contributed by atoms with van der Waals surface area (Å²) in [6, 6.07) is 9.71. The van der Waals surface area contributed by atoms with Gasteiger partial charge >= 0.3 is 5.51 Å². The Hall–Kier alpha value is -1.86. The van der Waals surface area contributed by atoms with Gasteiger partial charge in [0.15, 0.2) is 0 Å². The molecule has 0 saturated heterocycles. The van der Waals surface area contributed by atoms with Crippen molar-refractivity contribution < 1.29 is 13.2 Å². The van der Waals surface area contributed by atoms with Crippen LogP contribution in [0.25, 0.3) is 0 Å². The number of thioether (sulfide) groups is 1. The molecular weight excluding hydrogens is 383 g/mol. The summed E-state index contributed by atoms with van der Waals surface area (Å²) >= 11 is 6.14. The molecule has 0 unspecified atom stereocenters. The van der Waals surface area contributed by atoms with Crippen LogP contribution in [0.15, 0.2) is 46.3 Å². The number of nitrogens with zero attached hydrogens (tertiary/aromatic N) is 2. The van der Waals surface area contributed by atoms with E-state index in [9.17, 15) is 13.2 Å². The molecule has 140 valence electrons. The third-order valence-electron chi connectivity index (χ3n) is 3.53. The van der Waals surface area contributed by atoms with Gasteiger partial charge in [0.25, 0.3) is 0 Å². The Morgan fingerprint density at radius 2 is 2.00 bits per heavy atom. The van der Waals surface area contributed by atoms with E-state index in [0.717, 1.165) is 12.1 Å². The van der Waals surface area contributed by atoms with Crippen molar-refractivity contribution in [3.05, 3.63) is 47.0 Å². The van der Waals surface area contributed by atoms with Crippen LogP contribution in [0.5, 0.6) is 0 Å². The van der Waals surface area contributed by atoms with E-state index in [0.29, 0.717) is 22.1 Å². The lowest BCUT2D eigenvalue weighted by Crippen LogP contribution is -2.14. The van der Waals surface area contributed by atoms with Gasteiger partial charge in [0.05, 0.1) is 17.0 Å². The van der Waals surface area contributed by atoms with E-state index in [4.69, 9.17) is 11.6 Å². The molecule has 26 heavy (non-hydrogen) atoms. The summed E-state index contributed by atoms with van der Waals surface area (Å²) in [5.74, 6) is 0. The number of benzene rings is 2. The zero-order valence-corrected chi connectivity index (χ0v) is 16.1. The van der Waals surface area contributed by atoms with Crippen LogP contribution in [-0.2, 0) is 0 Å². The number of nitrogens with one attached hydrogen (secondary N) is 1. The first-order chi connectivity index (χ1) is 12.2. The van der Waals surface area contributed by atoms with Crippen LogP contribution in [-0.4, -0.2) is 30.3 Å². The summed E-state index contributed by atoms with van der Waals surface area (Å²) in [6.45, 7) is 4.72. The summed E-state index contributed by atoms with van der Waals surface area (Å²) in [5, 5.41) is 3.57. The molecule has 0 radical (unpaired) electrons. The number of hydrogen-bond acceptors (Lipinski definition) is 3. The SMILES string of the molecule is CCN(C)C=Nc1cc(C)c(Nc2cccc(SC(F)(F)F)c2)cc1Cl. The summed E-state index contributed by atoms with van der Waals surface area (Å²) in [6.07, 6.45) is 1.70. The lowest BCUT2D eigenvalue weighted by molar-refractivity contribution is -0.0328. The van der Waals surface area contributed by atoms with Crippen LogP contribution in [0.3, 0.4) is 0 Å². The predicted octanol–water partition coefficient (Wildman–Crippen LogP) is 6.62. The molecule has 2 aromatic carbocycles. The number of hydrogen-bond donors (Lipinski definition) is 1. The molecule has 2 rings (SSSR count). The van der Waals surface area contributed by atoms with Crippen molar-refractivity contribution in [2.45, 2.75) is 24.3 Å². The first-order valence-corrected chi connectivity index (χ1v) is 9.05. The van der Waals surface area contributed by atoms with Crippen molar-refractivity contribution in [3.8, 4) is 0 Å². The number of alkyl halides is 3. The molecule has 1 N–H and O–H groups in total. The van der Waals surface area contributed by atoms with Crippen molar-refractivity contribution in [2.75, 3.05) is 18.9 Å². The summed E-state index contributed by atoms with van der Waals surface area (Å²) in [7, 11) is 1.91. The lowest BCUT2D eigenvalue weighted by atomic mass is 10.1. The van der Waals surface area contributed by atoms with Gasteiger partial charge in [-0.15, -0.1) is 0 Å². The molecule has 0 aliphatic carbocycles. The van der Waals surface area contributed by atoms with Crippen LogP contribution in [0.2, 0.25) is 5.02 Å².